The minimum Gasteiger partial charge on any atom is -0.494 e. The lowest BCUT2D eigenvalue weighted by Gasteiger charge is -2.31. The van der Waals surface area contributed by atoms with Crippen LogP contribution in [0.25, 0.3) is 0 Å². The molecule has 4 rings (SSSR count). The summed E-state index contributed by atoms with van der Waals surface area (Å²) in [6, 6.07) is 13.2. The quantitative estimate of drug-likeness (QED) is 0.359. The molecule has 5 N–H and O–H groups in total. The Labute approximate surface area is 225 Å². The molecule has 3 amide bonds. The molecule has 0 saturated carbocycles. The summed E-state index contributed by atoms with van der Waals surface area (Å²) in [4.78, 5) is 41.0. The highest BCUT2D eigenvalue weighted by atomic mass is 32.1. The molecular formula is C27H31N5O5S. The van der Waals surface area contributed by atoms with Crippen LogP contribution in [0.2, 0.25) is 0 Å². The van der Waals surface area contributed by atoms with E-state index in [1.807, 2.05) is 26.0 Å². The molecule has 0 spiro atoms. The highest BCUT2D eigenvalue weighted by Crippen LogP contribution is 2.34. The second kappa shape index (κ2) is 12.1. The third-order valence-electron chi connectivity index (χ3n) is 6.23. The number of aryl methyl sites for hydroxylation is 1. The number of nitrogens with two attached hydrogens (primary N) is 2. The number of hydrogen-bond acceptors (Lipinski definition) is 8. The third kappa shape index (κ3) is 5.95. The summed E-state index contributed by atoms with van der Waals surface area (Å²) in [6.45, 7) is 5.27. The highest BCUT2D eigenvalue weighted by Gasteiger charge is 2.36. The van der Waals surface area contributed by atoms with Crippen molar-refractivity contribution in [3.05, 3.63) is 70.2 Å². The fourth-order valence-electron chi connectivity index (χ4n) is 4.27. The smallest absolute Gasteiger partial charge is 0.273 e. The van der Waals surface area contributed by atoms with E-state index >= 15 is 0 Å². The molecule has 11 heteroatoms. The van der Waals surface area contributed by atoms with Crippen LogP contribution in [0.3, 0.4) is 0 Å². The van der Waals surface area contributed by atoms with Gasteiger partial charge in [0.05, 0.1) is 18.4 Å². The molecule has 0 radical (unpaired) electrons. The number of rotatable bonds is 10. The van der Waals surface area contributed by atoms with Crippen molar-refractivity contribution in [3.63, 3.8) is 0 Å². The number of aromatic nitrogens is 1. The van der Waals surface area contributed by atoms with E-state index in [1.54, 1.807) is 36.4 Å². The van der Waals surface area contributed by atoms with Gasteiger partial charge in [0.1, 0.15) is 16.7 Å². The van der Waals surface area contributed by atoms with Crippen molar-refractivity contribution < 1.29 is 23.9 Å². The maximum Gasteiger partial charge on any atom is 0.273 e. The van der Waals surface area contributed by atoms with E-state index in [0.717, 1.165) is 29.9 Å². The number of carbonyl (C=O) groups is 3. The number of hydrogen-bond donors (Lipinski definition) is 3. The zero-order valence-electron chi connectivity index (χ0n) is 21.3. The van der Waals surface area contributed by atoms with E-state index in [4.69, 9.17) is 20.9 Å². The standard InChI is InChI=1S/C27H31N5O5S/c1-3-36-19-12-8-17(9-13-19)23(26(34)30-15-20-5-4-14-37-20)32(18-10-6-16(2)7-11-18)27(35)24-21(28)22(25(29)33)31-38-24/h6-13,20,23H,3-5,14-15,28H2,1-2H3,(H2,29,33)(H,30,34). The van der Waals surface area contributed by atoms with Gasteiger partial charge in [0.15, 0.2) is 5.69 Å². The molecule has 2 atom stereocenters. The first-order valence-electron chi connectivity index (χ1n) is 12.4. The predicted molar refractivity (Wildman–Crippen MR) is 145 cm³/mol. The molecule has 2 heterocycles. The number of nitrogens with zero attached hydrogens (tertiary/aromatic N) is 2. The second-order valence-corrected chi connectivity index (χ2v) is 9.71. The molecule has 3 aromatic rings. The third-order valence-corrected chi connectivity index (χ3v) is 7.08. The van der Waals surface area contributed by atoms with Crippen LogP contribution in [0.5, 0.6) is 5.75 Å². The van der Waals surface area contributed by atoms with Crippen molar-refractivity contribution in [2.24, 2.45) is 5.73 Å². The molecule has 1 aromatic heterocycles. The zero-order chi connectivity index (χ0) is 27.2. The van der Waals surface area contributed by atoms with Crippen molar-refractivity contribution in [1.82, 2.24) is 9.69 Å². The van der Waals surface area contributed by atoms with Crippen LogP contribution < -0.4 is 26.4 Å². The molecule has 0 bridgehead atoms. The Morgan fingerprint density at radius 3 is 2.47 bits per heavy atom. The average Bonchev–Trinajstić information content (AvgIpc) is 3.57. The van der Waals surface area contributed by atoms with Crippen LogP contribution in [0.15, 0.2) is 48.5 Å². The Kier molecular flexibility index (Phi) is 8.59. The van der Waals surface area contributed by atoms with Crippen LogP contribution >= 0.6 is 11.5 Å². The number of benzene rings is 2. The van der Waals surface area contributed by atoms with Gasteiger partial charge in [-0.25, -0.2) is 0 Å². The maximum atomic E-state index is 14.1. The maximum absolute atomic E-state index is 14.1. The van der Waals surface area contributed by atoms with Crippen LogP contribution in [0, 0.1) is 6.92 Å². The molecule has 1 saturated heterocycles. The van der Waals surface area contributed by atoms with Gasteiger partial charge < -0.3 is 26.3 Å². The van der Waals surface area contributed by atoms with Crippen molar-refractivity contribution in [3.8, 4) is 5.75 Å². The van der Waals surface area contributed by atoms with E-state index in [-0.39, 0.29) is 22.4 Å². The van der Waals surface area contributed by atoms with Crippen LogP contribution in [-0.4, -0.2) is 48.0 Å². The van der Waals surface area contributed by atoms with Crippen molar-refractivity contribution in [2.75, 3.05) is 30.4 Å². The van der Waals surface area contributed by atoms with Crippen molar-refractivity contribution in [2.45, 2.75) is 38.8 Å². The average molecular weight is 538 g/mol. The summed E-state index contributed by atoms with van der Waals surface area (Å²) in [5.74, 6) is -1.17. The lowest BCUT2D eigenvalue weighted by atomic mass is 10.0. The Balaban J connectivity index is 1.79. The number of amides is 3. The molecule has 1 aliphatic rings. The van der Waals surface area contributed by atoms with Crippen molar-refractivity contribution in [1.29, 1.82) is 0 Å². The van der Waals surface area contributed by atoms with E-state index in [2.05, 4.69) is 9.69 Å². The highest BCUT2D eigenvalue weighted by molar-refractivity contribution is 7.09. The lowest BCUT2D eigenvalue weighted by Crippen LogP contribution is -2.45. The molecule has 200 valence electrons. The summed E-state index contributed by atoms with van der Waals surface area (Å²) in [6.07, 6.45) is 1.70. The van der Waals surface area contributed by atoms with Gasteiger partial charge in [0, 0.05) is 18.8 Å². The Hall–Kier alpha value is -3.96. The fourth-order valence-corrected chi connectivity index (χ4v) is 5.02. The first kappa shape index (κ1) is 27.1. The summed E-state index contributed by atoms with van der Waals surface area (Å²) in [7, 11) is 0. The van der Waals surface area contributed by atoms with E-state index in [0.29, 0.717) is 36.8 Å². The number of ether oxygens (including phenoxy) is 2. The van der Waals surface area contributed by atoms with Gasteiger partial charge in [0.25, 0.3) is 11.8 Å². The molecule has 38 heavy (non-hydrogen) atoms. The van der Waals surface area contributed by atoms with Crippen molar-refractivity contribution >= 4 is 40.6 Å². The zero-order valence-corrected chi connectivity index (χ0v) is 22.1. The first-order valence-corrected chi connectivity index (χ1v) is 13.1. The molecule has 1 fully saturated rings. The molecule has 10 nitrogen and oxygen atoms in total. The first-order chi connectivity index (χ1) is 18.3. The number of nitrogen functional groups attached to an aromatic ring is 1. The van der Waals surface area contributed by atoms with Gasteiger partial charge in [-0.1, -0.05) is 29.8 Å². The van der Waals surface area contributed by atoms with Gasteiger partial charge in [-0.2, -0.15) is 4.37 Å². The monoisotopic (exact) mass is 537 g/mol. The SMILES string of the molecule is CCOc1ccc(C(C(=O)NCC2CCCO2)N(C(=O)c2snc(C(N)=O)c2N)c2ccc(C)cc2)cc1. The predicted octanol–water partition coefficient (Wildman–Crippen LogP) is 3.21. The Morgan fingerprint density at radius 1 is 1.18 bits per heavy atom. The fraction of sp³-hybridized carbons (Fsp3) is 0.333. The van der Waals surface area contributed by atoms with Gasteiger partial charge in [-0.15, -0.1) is 0 Å². The minimum atomic E-state index is -1.07. The molecule has 1 aliphatic heterocycles. The number of nitrogens with one attached hydrogen (secondary N) is 1. The molecular weight excluding hydrogens is 506 g/mol. The van der Waals surface area contributed by atoms with E-state index in [9.17, 15) is 14.4 Å². The second-order valence-electron chi connectivity index (χ2n) is 8.93. The lowest BCUT2D eigenvalue weighted by molar-refractivity contribution is -0.123. The summed E-state index contributed by atoms with van der Waals surface area (Å²) >= 11 is 0.767. The molecule has 0 aliphatic carbocycles. The van der Waals surface area contributed by atoms with E-state index in [1.165, 1.54) is 4.90 Å². The molecule has 2 aromatic carbocycles. The van der Waals surface area contributed by atoms with Crippen LogP contribution in [-0.2, 0) is 9.53 Å². The minimum absolute atomic E-state index is 0.0160. The van der Waals surface area contributed by atoms with Gasteiger partial charge in [0.2, 0.25) is 5.91 Å². The number of carbonyl (C=O) groups excluding carboxylic acids is 3. The van der Waals surface area contributed by atoms with Gasteiger partial charge >= 0.3 is 0 Å². The molecule has 2 unspecified atom stereocenters. The topological polar surface area (TPSA) is 150 Å². The van der Waals surface area contributed by atoms with Gasteiger partial charge in [-0.3, -0.25) is 19.3 Å². The number of primary amides is 1. The number of anilines is 2. The van der Waals surface area contributed by atoms with E-state index < -0.39 is 23.8 Å². The van der Waals surface area contributed by atoms with Gasteiger partial charge in [-0.05, 0) is 68.1 Å². The summed E-state index contributed by atoms with van der Waals surface area (Å²) in [5.41, 5.74) is 13.2. The largest absolute Gasteiger partial charge is 0.494 e. The Morgan fingerprint density at radius 2 is 1.89 bits per heavy atom. The summed E-state index contributed by atoms with van der Waals surface area (Å²) < 4.78 is 15.2. The Bertz CT molecular complexity index is 1290. The summed E-state index contributed by atoms with van der Waals surface area (Å²) in [5, 5.41) is 2.96. The normalized spacial score (nSPS) is 15.6. The van der Waals surface area contributed by atoms with Crippen LogP contribution in [0.4, 0.5) is 11.4 Å². The van der Waals surface area contributed by atoms with Crippen LogP contribution in [0.1, 0.15) is 57.1 Å².